The summed E-state index contributed by atoms with van der Waals surface area (Å²) in [5, 5.41) is 2.24. The number of amides is 1. The predicted molar refractivity (Wildman–Crippen MR) is 147 cm³/mol. The van der Waals surface area contributed by atoms with E-state index in [1.165, 1.54) is 28.6 Å². The minimum absolute atomic E-state index is 0.0122. The number of nitrogens with zero attached hydrogens (tertiary/aromatic N) is 1. The summed E-state index contributed by atoms with van der Waals surface area (Å²) in [7, 11) is -3.96. The van der Waals surface area contributed by atoms with Crippen LogP contribution in [0, 0.1) is 0 Å². The van der Waals surface area contributed by atoms with Gasteiger partial charge in [-0.1, -0.05) is 60.7 Å². The highest BCUT2D eigenvalue weighted by Gasteiger charge is 2.30. The summed E-state index contributed by atoms with van der Waals surface area (Å²) in [5.74, 6) is -0.595. The number of sulfonamides is 1. The number of halogens is 3. The summed E-state index contributed by atoms with van der Waals surface area (Å²) >= 11 is 0. The molecule has 212 valence electrons. The van der Waals surface area contributed by atoms with Crippen molar-refractivity contribution in [1.29, 1.82) is 0 Å². The van der Waals surface area contributed by atoms with E-state index in [0.29, 0.717) is 0 Å². The van der Waals surface area contributed by atoms with Crippen molar-refractivity contribution in [1.82, 2.24) is 4.31 Å². The number of hydrogen-bond donors (Lipinski definition) is 1. The summed E-state index contributed by atoms with van der Waals surface area (Å²) in [4.78, 5) is 24.5. The smallest absolute Gasteiger partial charge is 0.416 e. The van der Waals surface area contributed by atoms with Crippen molar-refractivity contribution in [3.8, 4) is 0 Å². The molecule has 0 aliphatic carbocycles. The molecule has 4 aromatic rings. The number of ketones is 1. The zero-order valence-electron chi connectivity index (χ0n) is 21.5. The molecule has 11 heteroatoms. The third kappa shape index (κ3) is 8.03. The molecule has 1 N–H and O–H groups in total. The standard InChI is InChI=1S/C30H25F3N2O5S/c31-30(32,33)25-13-15-26(16-14-25)34-29(37)40-21-28(36)24-11-17-27(18-12-24)41(38,39)35(19-22-7-3-1-4-8-22)20-23-9-5-2-6-10-23/h1-18H,19-21H2,(H,34,37). The predicted octanol–water partition coefficient (Wildman–Crippen LogP) is 6.53. The number of anilines is 1. The number of carbonyl (C=O) groups is 2. The zero-order chi connectivity index (χ0) is 29.5. The van der Waals surface area contributed by atoms with Crippen LogP contribution < -0.4 is 5.32 Å². The number of Topliss-reactive ketones (excluding diaryl/α,β-unsaturated/α-hetero) is 1. The first kappa shape index (κ1) is 29.5. The van der Waals surface area contributed by atoms with Gasteiger partial charge in [-0.3, -0.25) is 10.1 Å². The first-order chi connectivity index (χ1) is 19.5. The van der Waals surface area contributed by atoms with Gasteiger partial charge in [-0.15, -0.1) is 0 Å². The van der Waals surface area contributed by atoms with E-state index in [4.69, 9.17) is 4.74 Å². The molecule has 4 aromatic carbocycles. The minimum atomic E-state index is -4.51. The average molecular weight is 583 g/mol. The molecule has 7 nitrogen and oxygen atoms in total. The van der Waals surface area contributed by atoms with Crippen LogP contribution in [0.2, 0.25) is 0 Å². The highest BCUT2D eigenvalue weighted by molar-refractivity contribution is 7.89. The second-order valence-corrected chi connectivity index (χ2v) is 10.9. The van der Waals surface area contributed by atoms with E-state index in [1.807, 2.05) is 60.7 Å². The second kappa shape index (κ2) is 12.8. The molecule has 0 saturated carbocycles. The Morgan fingerprint density at radius 2 is 1.24 bits per heavy atom. The molecule has 0 heterocycles. The van der Waals surface area contributed by atoms with Gasteiger partial charge in [-0.25, -0.2) is 13.2 Å². The number of rotatable bonds is 10. The van der Waals surface area contributed by atoms with Crippen LogP contribution in [0.3, 0.4) is 0 Å². The fourth-order valence-electron chi connectivity index (χ4n) is 3.87. The van der Waals surface area contributed by atoms with Crippen LogP contribution in [0.5, 0.6) is 0 Å². The summed E-state index contributed by atoms with van der Waals surface area (Å²) in [5.41, 5.74) is 0.917. The second-order valence-electron chi connectivity index (χ2n) is 8.97. The van der Waals surface area contributed by atoms with Crippen LogP contribution in [-0.4, -0.2) is 31.2 Å². The van der Waals surface area contributed by atoms with Crippen LogP contribution in [0.1, 0.15) is 27.0 Å². The molecule has 0 aliphatic rings. The van der Waals surface area contributed by atoms with Crippen molar-refractivity contribution in [2.45, 2.75) is 24.2 Å². The van der Waals surface area contributed by atoms with Gasteiger partial charge in [0.1, 0.15) is 0 Å². The number of benzene rings is 4. The highest BCUT2D eigenvalue weighted by Crippen LogP contribution is 2.30. The third-order valence-electron chi connectivity index (χ3n) is 6.01. The van der Waals surface area contributed by atoms with E-state index in [1.54, 1.807) is 0 Å². The minimum Gasteiger partial charge on any atom is -0.441 e. The van der Waals surface area contributed by atoms with Gasteiger partial charge in [-0.05, 0) is 59.7 Å². The van der Waals surface area contributed by atoms with E-state index in [-0.39, 0.29) is 29.2 Å². The van der Waals surface area contributed by atoms with Crippen LogP contribution >= 0.6 is 0 Å². The van der Waals surface area contributed by atoms with Gasteiger partial charge in [0.05, 0.1) is 10.5 Å². The Bertz CT molecular complexity index is 1540. The summed E-state index contributed by atoms with van der Waals surface area (Å²) in [6, 6.07) is 27.4. The lowest BCUT2D eigenvalue weighted by atomic mass is 10.1. The van der Waals surface area contributed by atoms with Gasteiger partial charge in [0.15, 0.2) is 12.4 Å². The Hall–Kier alpha value is -4.48. The molecule has 0 aliphatic heterocycles. The van der Waals surface area contributed by atoms with Gasteiger partial charge < -0.3 is 4.74 Å². The molecule has 1 amide bonds. The first-order valence-electron chi connectivity index (χ1n) is 12.3. The summed E-state index contributed by atoms with van der Waals surface area (Å²) in [6.45, 7) is -0.381. The largest absolute Gasteiger partial charge is 0.441 e. The van der Waals surface area contributed by atoms with Gasteiger partial charge in [-0.2, -0.15) is 17.5 Å². The maximum absolute atomic E-state index is 13.6. The van der Waals surface area contributed by atoms with Crippen molar-refractivity contribution < 1.29 is 35.9 Å². The first-order valence-corrected chi connectivity index (χ1v) is 13.8. The molecule has 0 aromatic heterocycles. The normalized spacial score (nSPS) is 11.7. The molecule has 0 atom stereocenters. The lowest BCUT2D eigenvalue weighted by molar-refractivity contribution is -0.137. The van der Waals surface area contributed by atoms with Crippen molar-refractivity contribution in [2.24, 2.45) is 0 Å². The summed E-state index contributed by atoms with van der Waals surface area (Å²) < 4.78 is 71.4. The fraction of sp³-hybridized carbons (Fsp3) is 0.133. The average Bonchev–Trinajstić information content (AvgIpc) is 2.96. The molecule has 0 bridgehead atoms. The van der Waals surface area contributed by atoms with E-state index >= 15 is 0 Å². The summed E-state index contributed by atoms with van der Waals surface area (Å²) in [6.07, 6.45) is -5.54. The lowest BCUT2D eigenvalue weighted by Crippen LogP contribution is -2.30. The van der Waals surface area contributed by atoms with Gasteiger partial charge >= 0.3 is 12.3 Å². The third-order valence-corrected chi connectivity index (χ3v) is 7.82. The number of hydrogen-bond acceptors (Lipinski definition) is 5. The van der Waals surface area contributed by atoms with E-state index < -0.39 is 40.2 Å². The monoisotopic (exact) mass is 582 g/mol. The Morgan fingerprint density at radius 1 is 0.732 bits per heavy atom. The molecule has 0 unspecified atom stereocenters. The van der Waals surface area contributed by atoms with Crippen molar-refractivity contribution in [3.63, 3.8) is 0 Å². The van der Waals surface area contributed by atoms with Crippen molar-refractivity contribution >= 4 is 27.6 Å². The molecular weight excluding hydrogens is 557 g/mol. The Labute approximate surface area is 235 Å². The number of carbonyl (C=O) groups excluding carboxylic acids is 2. The van der Waals surface area contributed by atoms with Gasteiger partial charge in [0, 0.05) is 24.3 Å². The quantitative estimate of drug-likeness (QED) is 0.215. The Kier molecular flexibility index (Phi) is 9.21. The maximum Gasteiger partial charge on any atom is 0.416 e. The Balaban J connectivity index is 1.40. The number of alkyl halides is 3. The highest BCUT2D eigenvalue weighted by atomic mass is 32.2. The molecule has 41 heavy (non-hydrogen) atoms. The van der Waals surface area contributed by atoms with Crippen LogP contribution in [-0.2, 0) is 34.0 Å². The van der Waals surface area contributed by atoms with Crippen molar-refractivity contribution in [3.05, 3.63) is 131 Å². The topological polar surface area (TPSA) is 92.8 Å². The van der Waals surface area contributed by atoms with Crippen LogP contribution in [0.25, 0.3) is 0 Å². The van der Waals surface area contributed by atoms with Crippen LogP contribution in [0.15, 0.2) is 114 Å². The molecule has 0 spiro atoms. The molecule has 4 rings (SSSR count). The van der Waals surface area contributed by atoms with E-state index in [9.17, 15) is 31.2 Å². The fourth-order valence-corrected chi connectivity index (χ4v) is 5.29. The molecule has 0 radical (unpaired) electrons. The van der Waals surface area contributed by atoms with Gasteiger partial charge in [0.25, 0.3) is 0 Å². The van der Waals surface area contributed by atoms with Crippen molar-refractivity contribution in [2.75, 3.05) is 11.9 Å². The number of nitrogens with one attached hydrogen (secondary N) is 1. The van der Waals surface area contributed by atoms with Crippen LogP contribution in [0.4, 0.5) is 23.7 Å². The molecular formula is C30H25F3N2O5S. The zero-order valence-corrected chi connectivity index (χ0v) is 22.4. The molecule has 0 saturated heterocycles. The van der Waals surface area contributed by atoms with E-state index in [2.05, 4.69) is 5.32 Å². The van der Waals surface area contributed by atoms with E-state index in [0.717, 1.165) is 35.4 Å². The van der Waals surface area contributed by atoms with Gasteiger partial charge in [0.2, 0.25) is 10.0 Å². The molecule has 0 fully saturated rings. The SMILES string of the molecule is O=C(Nc1ccc(C(F)(F)F)cc1)OCC(=O)c1ccc(S(=O)(=O)N(Cc2ccccc2)Cc2ccccc2)cc1. The number of ether oxygens (including phenoxy) is 1. The Morgan fingerprint density at radius 3 is 1.73 bits per heavy atom. The lowest BCUT2D eigenvalue weighted by Gasteiger charge is -2.23. The maximum atomic E-state index is 13.6.